The van der Waals surface area contributed by atoms with Gasteiger partial charge in [-0.1, -0.05) is 45.9 Å². The molecule has 0 saturated carbocycles. The van der Waals surface area contributed by atoms with Gasteiger partial charge in [0.2, 0.25) is 10.9 Å². The van der Waals surface area contributed by atoms with Gasteiger partial charge >= 0.3 is 11.8 Å². The normalized spacial score (nSPS) is 29.9. The number of hydrogen-bond donors (Lipinski definition) is 5. The fraction of sp³-hybridized carbons (Fsp3) is 0.468. The lowest BCUT2D eigenvalue weighted by Gasteiger charge is -2.38. The van der Waals surface area contributed by atoms with Crippen molar-refractivity contribution in [3.8, 4) is 11.5 Å². The number of phenols is 1. The van der Waals surface area contributed by atoms with Crippen molar-refractivity contribution in [2.75, 3.05) is 49.4 Å². The molecular formula is C47H56N4O13. The lowest BCUT2D eigenvalue weighted by atomic mass is 9.78. The lowest BCUT2D eigenvalue weighted by Crippen LogP contribution is -2.46. The second kappa shape index (κ2) is 17.1. The summed E-state index contributed by atoms with van der Waals surface area (Å²) in [6, 6.07) is 1.45. The molecule has 3 aromatic carbocycles. The summed E-state index contributed by atoms with van der Waals surface area (Å²) in [7, 11) is 5.11. The van der Waals surface area contributed by atoms with Crippen LogP contribution in [0.25, 0.3) is 38.7 Å². The standard InChI is InChI=1S/C47H56N4O13/c1-20-13-12-14-21(2)46(59)49-35-40(57)31-30(34-43(35)63-44-33(48-34)28(53)19-27-36(44)51(10)17-16-50(27)9)32-42(25(6)39(31)56)64-47(8,45(32)58)61-18-15-29(60-11)22(3)41(62-26(7)52)24(5)38(55)23(4)37(20)54/h12-15,18-20,22-24,29,37-38,41,54-56,58H,16-17H2,1-11H3,(H,49,59)/b13-12+,18-15+,21-14-/t20-,22+,23+,24+,29-,37-,38-,41+,47-/m0/s1. The molecule has 4 heterocycles. The number of rotatable bonds is 2. The maximum Gasteiger partial charge on any atom is 0.307 e. The predicted octanol–water partition coefficient (Wildman–Crippen LogP) is 4.45. The number of aromatic hydroxyl groups is 1. The summed E-state index contributed by atoms with van der Waals surface area (Å²) in [5.41, 5.74) is -0.899. The van der Waals surface area contributed by atoms with Crippen molar-refractivity contribution in [2.24, 2.45) is 23.7 Å². The quantitative estimate of drug-likeness (QED) is 0.106. The van der Waals surface area contributed by atoms with Crippen LogP contribution in [-0.4, -0.2) is 102 Å². The number of nitrogens with zero attached hydrogens (tertiary/aromatic N) is 3. The molecule has 1 amide bonds. The molecule has 0 radical (unpaired) electrons. The molecule has 0 unspecified atom stereocenters. The third kappa shape index (κ3) is 7.58. The Bertz CT molecular complexity index is 2850. The number of fused-ring (bicyclic) bond motifs is 4. The van der Waals surface area contributed by atoms with Crippen LogP contribution in [0.5, 0.6) is 11.5 Å². The molecule has 0 aliphatic carbocycles. The minimum Gasteiger partial charge on any atom is -0.507 e. The van der Waals surface area contributed by atoms with Gasteiger partial charge < -0.3 is 58.9 Å². The number of allylic oxidation sites excluding steroid dienone is 2. The van der Waals surface area contributed by atoms with Crippen LogP contribution in [0.3, 0.4) is 0 Å². The Balaban J connectivity index is 1.53. The molecule has 1 aromatic heterocycles. The molecule has 5 N–H and O–H groups in total. The maximum atomic E-state index is 14.9. The predicted molar refractivity (Wildman–Crippen MR) is 242 cm³/mol. The highest BCUT2D eigenvalue weighted by Gasteiger charge is 2.44. The highest BCUT2D eigenvalue weighted by atomic mass is 16.7. The Morgan fingerprint density at radius 2 is 1.62 bits per heavy atom. The lowest BCUT2D eigenvalue weighted by molar-refractivity contribution is -0.160. The zero-order valence-electron chi connectivity index (χ0n) is 37.8. The number of carbonyl (C=O) groups excluding carboxylic acids is 2. The average Bonchev–Trinajstić information content (AvgIpc) is 3.52. The third-order valence-corrected chi connectivity index (χ3v) is 13.1. The van der Waals surface area contributed by atoms with Gasteiger partial charge in [0, 0.05) is 94.4 Å². The van der Waals surface area contributed by atoms with E-state index in [2.05, 4.69) is 5.32 Å². The summed E-state index contributed by atoms with van der Waals surface area (Å²) in [4.78, 5) is 63.8. The van der Waals surface area contributed by atoms with Gasteiger partial charge in [-0.15, -0.1) is 0 Å². The third-order valence-electron chi connectivity index (χ3n) is 13.1. The molecule has 7 rings (SSSR count). The van der Waals surface area contributed by atoms with E-state index in [-0.39, 0.29) is 60.8 Å². The number of likely N-dealkylation sites (N-methyl/N-ethyl adjacent to an activating group) is 2. The molecule has 9 atom stereocenters. The number of ether oxygens (including phenoxy) is 4. The first-order valence-corrected chi connectivity index (χ1v) is 21.2. The zero-order chi connectivity index (χ0) is 46.8. The van der Waals surface area contributed by atoms with E-state index < -0.39 is 88.1 Å². The fourth-order valence-corrected chi connectivity index (χ4v) is 9.11. The van der Waals surface area contributed by atoms with E-state index in [1.807, 2.05) is 23.9 Å². The van der Waals surface area contributed by atoms with Gasteiger partial charge in [-0.3, -0.25) is 19.2 Å². The Morgan fingerprint density at radius 3 is 2.30 bits per heavy atom. The molecule has 4 bridgehead atoms. The van der Waals surface area contributed by atoms with Crippen LogP contribution in [0.2, 0.25) is 0 Å². The number of carbonyl (C=O) groups is 2. The van der Waals surface area contributed by atoms with Gasteiger partial charge in [0.1, 0.15) is 34.5 Å². The number of amides is 1. The first-order chi connectivity index (χ1) is 30.1. The van der Waals surface area contributed by atoms with Gasteiger partial charge in [0.05, 0.1) is 40.9 Å². The molecule has 3 aliphatic heterocycles. The Kier molecular flexibility index (Phi) is 12.2. The molecule has 0 saturated heterocycles. The van der Waals surface area contributed by atoms with E-state index in [0.29, 0.717) is 24.5 Å². The molecule has 0 spiro atoms. The minimum atomic E-state index is -1.98. The van der Waals surface area contributed by atoms with E-state index in [0.717, 1.165) is 0 Å². The number of phenolic OH excluding ortho intramolecular Hbond substituents is 1. The van der Waals surface area contributed by atoms with Gasteiger partial charge in [0.15, 0.2) is 22.4 Å². The van der Waals surface area contributed by atoms with Crippen molar-refractivity contribution in [1.29, 1.82) is 0 Å². The smallest absolute Gasteiger partial charge is 0.307 e. The van der Waals surface area contributed by atoms with Gasteiger partial charge in [-0.25, -0.2) is 4.98 Å². The number of hydrogen-bond acceptors (Lipinski definition) is 16. The largest absolute Gasteiger partial charge is 0.507 e. The fourth-order valence-electron chi connectivity index (χ4n) is 9.11. The Hall–Kier alpha value is -6.17. The summed E-state index contributed by atoms with van der Waals surface area (Å²) >= 11 is 0. The van der Waals surface area contributed by atoms with Crippen LogP contribution in [0.4, 0.5) is 17.1 Å². The zero-order valence-corrected chi connectivity index (χ0v) is 37.8. The molecule has 0 fully saturated rings. The molecule has 4 aromatic rings. The first-order valence-electron chi connectivity index (χ1n) is 21.2. The van der Waals surface area contributed by atoms with Crippen LogP contribution < -0.4 is 35.9 Å². The maximum absolute atomic E-state index is 14.9. The van der Waals surface area contributed by atoms with E-state index in [1.54, 1.807) is 39.8 Å². The number of nitrogens with one attached hydrogen (secondary N) is 1. The van der Waals surface area contributed by atoms with Crippen molar-refractivity contribution in [3.05, 3.63) is 73.4 Å². The van der Waals surface area contributed by atoms with E-state index in [4.69, 9.17) is 28.3 Å². The van der Waals surface area contributed by atoms with Gasteiger partial charge in [-0.2, -0.15) is 0 Å². The van der Waals surface area contributed by atoms with Crippen molar-refractivity contribution in [3.63, 3.8) is 0 Å². The summed E-state index contributed by atoms with van der Waals surface area (Å²) in [5, 5.41) is 49.2. The number of esters is 1. The highest BCUT2D eigenvalue weighted by molar-refractivity contribution is 6.17. The Labute approximate surface area is 368 Å². The van der Waals surface area contributed by atoms with Crippen LogP contribution in [-0.2, 0) is 23.8 Å². The van der Waals surface area contributed by atoms with Crippen LogP contribution in [0, 0.1) is 30.6 Å². The number of methoxy groups -OCH3 is 1. The number of benzene rings is 3. The van der Waals surface area contributed by atoms with Gasteiger partial charge in [-0.05, 0) is 19.9 Å². The van der Waals surface area contributed by atoms with Crippen molar-refractivity contribution in [1.82, 2.24) is 4.98 Å². The second-order valence-corrected chi connectivity index (χ2v) is 17.5. The summed E-state index contributed by atoms with van der Waals surface area (Å²) in [6.07, 6.45) is 3.54. The van der Waals surface area contributed by atoms with Crippen LogP contribution >= 0.6 is 0 Å². The Morgan fingerprint density at radius 1 is 0.938 bits per heavy atom. The van der Waals surface area contributed by atoms with Crippen molar-refractivity contribution >= 4 is 67.7 Å². The first kappa shape index (κ1) is 45.8. The second-order valence-electron chi connectivity index (χ2n) is 17.5. The highest BCUT2D eigenvalue weighted by Crippen LogP contribution is 2.44. The number of aromatic nitrogens is 1. The minimum absolute atomic E-state index is 0.0524. The topological polar surface area (TPSA) is 231 Å². The molecule has 17 nitrogen and oxygen atoms in total. The van der Waals surface area contributed by atoms with Crippen LogP contribution in [0.15, 0.2) is 56.2 Å². The monoisotopic (exact) mass is 884 g/mol. The molecule has 342 valence electrons. The van der Waals surface area contributed by atoms with E-state index in [1.165, 1.54) is 59.3 Å². The van der Waals surface area contributed by atoms with Crippen LogP contribution in [0.1, 0.15) is 54.0 Å². The van der Waals surface area contributed by atoms with E-state index in [9.17, 15) is 39.6 Å². The summed E-state index contributed by atoms with van der Waals surface area (Å²) in [6.45, 7) is 13.8. The number of aliphatic hydroxyl groups is 3. The molecular weight excluding hydrogens is 829 g/mol. The summed E-state index contributed by atoms with van der Waals surface area (Å²) in [5.74, 6) is -6.95. The van der Waals surface area contributed by atoms with Crippen molar-refractivity contribution in [2.45, 2.75) is 85.6 Å². The van der Waals surface area contributed by atoms with Gasteiger partial charge in [0.25, 0.3) is 5.91 Å². The average molecular weight is 885 g/mol. The van der Waals surface area contributed by atoms with Crippen molar-refractivity contribution < 1.29 is 53.4 Å². The van der Waals surface area contributed by atoms with E-state index >= 15 is 0 Å². The number of aliphatic hydroxyl groups excluding tert-OH is 3. The molecule has 17 heteroatoms. The molecule has 3 aliphatic rings. The molecule has 64 heavy (non-hydrogen) atoms. The summed E-state index contributed by atoms with van der Waals surface area (Å²) < 4.78 is 30.6. The number of anilines is 3. The SMILES string of the molecule is CO[C@H]1/C=C/O[C@@]2(C)Oc3c(C)c(O)c4c(=O)c(c5oc6c7c(cc(=O)c6nc5c4c3=C2O)N(C)CCN7C)NC(=O)/C(C)=C\C=C\[C@H](C)[C@H](O)[C@@H](C)[C@H](O)[C@@H](C)[C@H](OC(C)=O)[C@@H]1C.